The number of nitrogens with zero attached hydrogens (tertiary/aromatic N) is 1. The van der Waals surface area contributed by atoms with Crippen LogP contribution < -0.4 is 10.2 Å². The average molecular weight is 295 g/mol. The van der Waals surface area contributed by atoms with Gasteiger partial charge in [0, 0.05) is 35.9 Å². The number of anilines is 1. The van der Waals surface area contributed by atoms with Crippen LogP contribution in [0.4, 0.5) is 5.69 Å². The van der Waals surface area contributed by atoms with Crippen LogP contribution in [0.25, 0.3) is 0 Å². The summed E-state index contributed by atoms with van der Waals surface area (Å²) in [6, 6.07) is 6.25. The monoisotopic (exact) mass is 294 g/mol. The van der Waals surface area contributed by atoms with Crippen LogP contribution in [0.1, 0.15) is 39.2 Å². The van der Waals surface area contributed by atoms with Crippen molar-refractivity contribution in [2.75, 3.05) is 25.0 Å². The molecule has 3 heteroatoms. The fourth-order valence-electron chi connectivity index (χ4n) is 3.18. The summed E-state index contributed by atoms with van der Waals surface area (Å²) in [6.07, 6.45) is 2.55. The molecular weight excluding hydrogens is 268 g/mol. The van der Waals surface area contributed by atoms with E-state index in [1.165, 1.54) is 24.1 Å². The van der Waals surface area contributed by atoms with Crippen molar-refractivity contribution in [3.8, 4) is 0 Å². The zero-order chi connectivity index (χ0) is 14.8. The van der Waals surface area contributed by atoms with E-state index in [1.807, 2.05) is 13.1 Å². The van der Waals surface area contributed by atoms with Crippen molar-refractivity contribution < 1.29 is 0 Å². The van der Waals surface area contributed by atoms with Crippen molar-refractivity contribution in [3.63, 3.8) is 0 Å². The van der Waals surface area contributed by atoms with E-state index < -0.39 is 0 Å². The van der Waals surface area contributed by atoms with Crippen LogP contribution in [0.2, 0.25) is 5.02 Å². The summed E-state index contributed by atoms with van der Waals surface area (Å²) in [5, 5.41) is 4.10. The van der Waals surface area contributed by atoms with E-state index in [4.69, 9.17) is 11.6 Å². The molecule has 1 aromatic carbocycles. The third-order valence-corrected chi connectivity index (χ3v) is 4.86. The maximum Gasteiger partial charge on any atom is 0.0471 e. The maximum absolute atomic E-state index is 6.36. The molecule has 0 bridgehead atoms. The highest BCUT2D eigenvalue weighted by molar-refractivity contribution is 6.31. The summed E-state index contributed by atoms with van der Waals surface area (Å²) in [5.74, 6) is 0.825. The number of rotatable bonds is 3. The Labute approximate surface area is 128 Å². The first-order chi connectivity index (χ1) is 9.43. The lowest BCUT2D eigenvalue weighted by atomic mass is 9.75. The summed E-state index contributed by atoms with van der Waals surface area (Å²) in [5.41, 5.74) is 2.96. The molecule has 0 spiro atoms. The highest BCUT2D eigenvalue weighted by Crippen LogP contribution is 2.37. The molecule has 2 nitrogen and oxygen atoms in total. The molecule has 0 unspecified atom stereocenters. The van der Waals surface area contributed by atoms with Gasteiger partial charge in [-0.2, -0.15) is 0 Å². The average Bonchev–Trinajstić information content (AvgIpc) is 2.40. The molecule has 0 atom stereocenters. The topological polar surface area (TPSA) is 15.3 Å². The van der Waals surface area contributed by atoms with E-state index >= 15 is 0 Å². The summed E-state index contributed by atoms with van der Waals surface area (Å²) in [4.78, 5) is 2.50. The Balaban J connectivity index is 2.13. The molecule has 112 valence electrons. The van der Waals surface area contributed by atoms with Crippen molar-refractivity contribution in [3.05, 3.63) is 28.8 Å². The van der Waals surface area contributed by atoms with Crippen LogP contribution in [-0.2, 0) is 6.54 Å². The van der Waals surface area contributed by atoms with Crippen LogP contribution in [0, 0.1) is 11.3 Å². The minimum Gasteiger partial charge on any atom is -0.371 e. The molecule has 0 saturated carbocycles. The van der Waals surface area contributed by atoms with E-state index in [1.54, 1.807) is 0 Å². The van der Waals surface area contributed by atoms with Crippen LogP contribution in [0.5, 0.6) is 0 Å². The normalized spacial score (nSPS) is 17.6. The highest BCUT2D eigenvalue weighted by Gasteiger charge is 2.29. The lowest BCUT2D eigenvalue weighted by molar-refractivity contribution is 0.199. The molecule has 1 aliphatic heterocycles. The van der Waals surface area contributed by atoms with Crippen molar-refractivity contribution in [1.82, 2.24) is 5.32 Å². The molecule has 0 amide bonds. The Morgan fingerprint density at radius 2 is 1.90 bits per heavy atom. The minimum atomic E-state index is 0.425. The molecule has 1 heterocycles. The molecule has 1 aliphatic rings. The summed E-state index contributed by atoms with van der Waals surface area (Å²) < 4.78 is 0. The lowest BCUT2D eigenvalue weighted by Gasteiger charge is -2.40. The number of hydrogen-bond acceptors (Lipinski definition) is 2. The van der Waals surface area contributed by atoms with Gasteiger partial charge in [-0.05, 0) is 43.4 Å². The molecule has 1 saturated heterocycles. The fraction of sp³-hybridized carbons (Fsp3) is 0.647. The second kappa shape index (κ2) is 6.36. The van der Waals surface area contributed by atoms with Gasteiger partial charge in [-0.3, -0.25) is 0 Å². The summed E-state index contributed by atoms with van der Waals surface area (Å²) >= 11 is 6.36. The number of halogens is 1. The van der Waals surface area contributed by atoms with Gasteiger partial charge in [-0.25, -0.2) is 0 Å². The van der Waals surface area contributed by atoms with E-state index in [0.717, 1.165) is 30.6 Å². The van der Waals surface area contributed by atoms with E-state index in [-0.39, 0.29) is 0 Å². The van der Waals surface area contributed by atoms with Gasteiger partial charge in [0.25, 0.3) is 0 Å². The molecule has 1 aromatic rings. The molecule has 0 aromatic heterocycles. The summed E-state index contributed by atoms with van der Waals surface area (Å²) in [7, 11) is 1.97. The number of piperidine rings is 1. The molecule has 0 aliphatic carbocycles. The Morgan fingerprint density at radius 3 is 2.45 bits per heavy atom. The van der Waals surface area contributed by atoms with Gasteiger partial charge in [0.1, 0.15) is 0 Å². The van der Waals surface area contributed by atoms with Gasteiger partial charge in [0.15, 0.2) is 0 Å². The second-order valence-corrected chi connectivity index (χ2v) is 7.30. The largest absolute Gasteiger partial charge is 0.371 e. The smallest absolute Gasteiger partial charge is 0.0471 e. The van der Waals surface area contributed by atoms with Crippen LogP contribution in [-0.4, -0.2) is 20.1 Å². The van der Waals surface area contributed by atoms with Crippen molar-refractivity contribution >= 4 is 17.3 Å². The predicted molar refractivity (Wildman–Crippen MR) is 88.6 cm³/mol. The van der Waals surface area contributed by atoms with Gasteiger partial charge in [0.2, 0.25) is 0 Å². The first kappa shape index (κ1) is 15.7. The van der Waals surface area contributed by atoms with Gasteiger partial charge < -0.3 is 10.2 Å². The first-order valence-electron chi connectivity index (χ1n) is 7.60. The third kappa shape index (κ3) is 3.48. The Hall–Kier alpha value is -0.730. The Morgan fingerprint density at radius 1 is 1.25 bits per heavy atom. The molecule has 1 N–H and O–H groups in total. The standard InChI is InChI=1S/C17H27ClN2/c1-17(2,3)13-8-10-20(11-9-13)16-7-5-6-15(18)14(16)12-19-4/h5-7,13,19H,8-12H2,1-4H3. The summed E-state index contributed by atoms with van der Waals surface area (Å²) in [6.45, 7) is 10.2. The number of hydrogen-bond donors (Lipinski definition) is 1. The fourth-order valence-corrected chi connectivity index (χ4v) is 3.42. The molecular formula is C17H27ClN2. The Bertz CT molecular complexity index is 443. The van der Waals surface area contributed by atoms with Crippen molar-refractivity contribution in [2.24, 2.45) is 11.3 Å². The van der Waals surface area contributed by atoms with E-state index in [2.05, 4.69) is 43.1 Å². The second-order valence-electron chi connectivity index (χ2n) is 6.90. The molecule has 0 radical (unpaired) electrons. The highest BCUT2D eigenvalue weighted by atomic mass is 35.5. The van der Waals surface area contributed by atoms with Gasteiger partial charge in [-0.1, -0.05) is 38.4 Å². The van der Waals surface area contributed by atoms with Crippen LogP contribution >= 0.6 is 11.6 Å². The van der Waals surface area contributed by atoms with Crippen LogP contribution in [0.15, 0.2) is 18.2 Å². The SMILES string of the molecule is CNCc1c(Cl)cccc1N1CCC(C(C)(C)C)CC1. The maximum atomic E-state index is 6.36. The van der Waals surface area contributed by atoms with Gasteiger partial charge in [0.05, 0.1) is 0 Å². The lowest BCUT2D eigenvalue weighted by Crippen LogP contribution is -2.38. The third-order valence-electron chi connectivity index (χ3n) is 4.51. The first-order valence-corrected chi connectivity index (χ1v) is 7.98. The quantitative estimate of drug-likeness (QED) is 0.893. The molecule has 20 heavy (non-hydrogen) atoms. The number of benzene rings is 1. The van der Waals surface area contributed by atoms with E-state index in [9.17, 15) is 0 Å². The van der Waals surface area contributed by atoms with Crippen molar-refractivity contribution in [1.29, 1.82) is 0 Å². The van der Waals surface area contributed by atoms with Crippen LogP contribution in [0.3, 0.4) is 0 Å². The zero-order valence-corrected chi connectivity index (χ0v) is 13.9. The Kier molecular flexibility index (Phi) is 4.98. The number of nitrogens with one attached hydrogen (secondary N) is 1. The van der Waals surface area contributed by atoms with Gasteiger partial charge >= 0.3 is 0 Å². The predicted octanol–water partition coefficient (Wildman–Crippen LogP) is 4.32. The van der Waals surface area contributed by atoms with E-state index in [0.29, 0.717) is 5.41 Å². The zero-order valence-electron chi connectivity index (χ0n) is 13.2. The van der Waals surface area contributed by atoms with Gasteiger partial charge in [-0.15, -0.1) is 0 Å². The minimum absolute atomic E-state index is 0.425. The molecule has 2 rings (SSSR count). The van der Waals surface area contributed by atoms with Crippen molar-refractivity contribution in [2.45, 2.75) is 40.2 Å². The molecule has 1 fully saturated rings.